The Morgan fingerprint density at radius 1 is 0.667 bits per heavy atom. The normalized spacial score (nSPS) is 11.4. The molecular weight excluding hydrogens is 408 g/mol. The summed E-state index contributed by atoms with van der Waals surface area (Å²) in [6.45, 7) is 0.528. The number of nitrogens with one attached hydrogen (secondary N) is 1. The molecule has 2 N–H and O–H groups in total. The van der Waals surface area contributed by atoms with Gasteiger partial charge in [0.1, 0.15) is 11.6 Å². The van der Waals surface area contributed by atoms with Gasteiger partial charge in [-0.25, -0.2) is 9.97 Å². The number of aliphatic hydroxyl groups is 1. The molecule has 6 aromatic rings. The maximum absolute atomic E-state index is 9.74. The Labute approximate surface area is 191 Å². The predicted octanol–water partition coefficient (Wildman–Crippen LogP) is 5.91. The third-order valence-electron chi connectivity index (χ3n) is 5.98. The van der Waals surface area contributed by atoms with E-state index >= 15 is 0 Å². The topological polar surface area (TPSA) is 66.7 Å². The van der Waals surface area contributed by atoms with Crippen molar-refractivity contribution in [2.24, 2.45) is 0 Å². The van der Waals surface area contributed by atoms with E-state index in [2.05, 4.69) is 58.1 Å². The van der Waals surface area contributed by atoms with Gasteiger partial charge in [-0.3, -0.25) is 0 Å². The molecule has 0 spiro atoms. The second-order valence-electron chi connectivity index (χ2n) is 8.00. The Hall–Kier alpha value is -4.22. The zero-order valence-corrected chi connectivity index (χ0v) is 17.9. The maximum atomic E-state index is 9.74. The van der Waals surface area contributed by atoms with Crippen LogP contribution in [0.5, 0.6) is 0 Å². The quantitative estimate of drug-likeness (QED) is 0.357. The van der Waals surface area contributed by atoms with Crippen LogP contribution in [0.15, 0.2) is 97.1 Å². The van der Waals surface area contributed by atoms with E-state index in [4.69, 9.17) is 9.97 Å². The molecule has 5 heteroatoms. The summed E-state index contributed by atoms with van der Waals surface area (Å²) in [5, 5.41) is 9.74. The van der Waals surface area contributed by atoms with Crippen LogP contribution >= 0.6 is 0 Å². The third kappa shape index (κ3) is 3.30. The van der Waals surface area contributed by atoms with Gasteiger partial charge in [0, 0.05) is 28.8 Å². The van der Waals surface area contributed by atoms with Crippen molar-refractivity contribution in [3.8, 4) is 33.9 Å². The first-order valence-electron chi connectivity index (χ1n) is 11.0. The minimum absolute atomic E-state index is 0.0465. The molecule has 0 aliphatic heterocycles. The number of hydrogen-bond acceptors (Lipinski definition) is 3. The van der Waals surface area contributed by atoms with Gasteiger partial charge in [-0.1, -0.05) is 84.9 Å². The molecule has 0 saturated heterocycles. The zero-order chi connectivity index (χ0) is 22.2. The van der Waals surface area contributed by atoms with Gasteiger partial charge in [-0.05, 0) is 12.1 Å². The minimum Gasteiger partial charge on any atom is -0.395 e. The Morgan fingerprint density at radius 2 is 1.33 bits per heavy atom. The van der Waals surface area contributed by atoms with Crippen LogP contribution in [0.1, 0.15) is 0 Å². The van der Waals surface area contributed by atoms with E-state index in [0.717, 1.165) is 56.0 Å². The first-order chi connectivity index (χ1) is 16.3. The predicted molar refractivity (Wildman–Crippen MR) is 133 cm³/mol. The lowest BCUT2D eigenvalue weighted by Gasteiger charge is -2.08. The van der Waals surface area contributed by atoms with Crippen LogP contribution in [0.25, 0.3) is 56.0 Å². The summed E-state index contributed by atoms with van der Waals surface area (Å²) in [6, 6.07) is 32.7. The second-order valence-corrected chi connectivity index (χ2v) is 8.00. The Balaban J connectivity index is 1.59. The van der Waals surface area contributed by atoms with Gasteiger partial charge in [-0.15, -0.1) is 0 Å². The fourth-order valence-corrected chi connectivity index (χ4v) is 4.48. The minimum atomic E-state index is 0.0465. The van der Waals surface area contributed by atoms with Gasteiger partial charge in [0.25, 0.3) is 0 Å². The smallest absolute Gasteiger partial charge is 0.141 e. The number of para-hydroxylation sites is 2. The summed E-state index contributed by atoms with van der Waals surface area (Å²) < 4.78 is 2.09. The van der Waals surface area contributed by atoms with Crippen LogP contribution in [0, 0.1) is 0 Å². The first-order valence-corrected chi connectivity index (χ1v) is 11.0. The number of imidazole rings is 2. The Morgan fingerprint density at radius 3 is 2.06 bits per heavy atom. The second kappa shape index (κ2) is 8.04. The Kier molecular flexibility index (Phi) is 4.74. The lowest BCUT2D eigenvalue weighted by atomic mass is 10.0. The largest absolute Gasteiger partial charge is 0.395 e. The van der Waals surface area contributed by atoms with E-state index in [1.807, 2.05) is 48.5 Å². The van der Waals surface area contributed by atoms with Gasteiger partial charge in [0.05, 0.1) is 28.7 Å². The third-order valence-corrected chi connectivity index (χ3v) is 5.98. The molecule has 2 aromatic heterocycles. The van der Waals surface area contributed by atoms with E-state index in [9.17, 15) is 5.11 Å². The van der Waals surface area contributed by atoms with Crippen molar-refractivity contribution in [1.29, 1.82) is 0 Å². The SMILES string of the molecule is OCCn1c(-c2ccccc2)nc2c(-c3cccc4[nH]c(-c5ccccc5)nc34)cccc21. The Bertz CT molecular complexity index is 1570. The molecule has 6 rings (SSSR count). The molecule has 2 heterocycles. The molecule has 0 bridgehead atoms. The summed E-state index contributed by atoms with van der Waals surface area (Å²) in [5.41, 5.74) is 7.94. The number of aromatic amines is 1. The van der Waals surface area contributed by atoms with Gasteiger partial charge in [-0.2, -0.15) is 0 Å². The number of hydrogen-bond donors (Lipinski definition) is 2. The van der Waals surface area contributed by atoms with Crippen LogP contribution in [-0.4, -0.2) is 31.2 Å². The first kappa shape index (κ1) is 19.5. The van der Waals surface area contributed by atoms with Gasteiger partial charge < -0.3 is 14.7 Å². The fourth-order valence-electron chi connectivity index (χ4n) is 4.48. The molecule has 160 valence electrons. The number of rotatable bonds is 5. The highest BCUT2D eigenvalue weighted by Crippen LogP contribution is 2.35. The number of aromatic nitrogens is 4. The van der Waals surface area contributed by atoms with Crippen LogP contribution in [0.4, 0.5) is 0 Å². The average Bonchev–Trinajstić information content (AvgIpc) is 3.47. The average molecular weight is 431 g/mol. The highest BCUT2D eigenvalue weighted by molar-refractivity contribution is 6.02. The molecule has 0 amide bonds. The van der Waals surface area contributed by atoms with E-state index in [-0.39, 0.29) is 6.61 Å². The molecule has 0 radical (unpaired) electrons. The fraction of sp³-hybridized carbons (Fsp3) is 0.0714. The van der Waals surface area contributed by atoms with Crippen molar-refractivity contribution < 1.29 is 5.11 Å². The van der Waals surface area contributed by atoms with Crippen molar-refractivity contribution in [2.45, 2.75) is 6.54 Å². The highest BCUT2D eigenvalue weighted by Gasteiger charge is 2.18. The molecule has 33 heavy (non-hydrogen) atoms. The molecule has 0 atom stereocenters. The van der Waals surface area contributed by atoms with Gasteiger partial charge in [0.2, 0.25) is 0 Å². The highest BCUT2D eigenvalue weighted by atomic mass is 16.3. The van der Waals surface area contributed by atoms with Crippen LogP contribution in [-0.2, 0) is 6.54 Å². The van der Waals surface area contributed by atoms with Crippen molar-refractivity contribution in [1.82, 2.24) is 19.5 Å². The maximum Gasteiger partial charge on any atom is 0.141 e. The lowest BCUT2D eigenvalue weighted by Crippen LogP contribution is -2.04. The molecule has 0 aliphatic rings. The summed E-state index contributed by atoms with van der Waals surface area (Å²) in [4.78, 5) is 13.5. The van der Waals surface area contributed by atoms with E-state index < -0.39 is 0 Å². The van der Waals surface area contributed by atoms with Crippen LogP contribution < -0.4 is 0 Å². The van der Waals surface area contributed by atoms with Gasteiger partial charge >= 0.3 is 0 Å². The number of benzene rings is 4. The van der Waals surface area contributed by atoms with E-state index in [1.54, 1.807) is 0 Å². The van der Waals surface area contributed by atoms with E-state index in [0.29, 0.717) is 6.54 Å². The van der Waals surface area contributed by atoms with Crippen molar-refractivity contribution in [2.75, 3.05) is 6.61 Å². The molecule has 0 unspecified atom stereocenters. The summed E-state index contributed by atoms with van der Waals surface area (Å²) in [5.74, 6) is 1.70. The van der Waals surface area contributed by atoms with Crippen molar-refractivity contribution >= 4 is 22.1 Å². The number of aliphatic hydroxyl groups excluding tert-OH is 1. The van der Waals surface area contributed by atoms with Crippen LogP contribution in [0.2, 0.25) is 0 Å². The molecular formula is C28H22N4O. The molecule has 0 aliphatic carbocycles. The monoisotopic (exact) mass is 430 g/mol. The zero-order valence-electron chi connectivity index (χ0n) is 17.9. The number of nitrogens with zero attached hydrogens (tertiary/aromatic N) is 3. The molecule has 0 fully saturated rings. The lowest BCUT2D eigenvalue weighted by molar-refractivity contribution is 0.278. The molecule has 0 saturated carbocycles. The summed E-state index contributed by atoms with van der Waals surface area (Å²) in [6.07, 6.45) is 0. The van der Waals surface area contributed by atoms with E-state index in [1.165, 1.54) is 0 Å². The molecule has 4 aromatic carbocycles. The standard InChI is InChI=1S/C28H22N4O/c33-18-17-32-24-16-8-14-22(26(24)31-28(32)20-11-5-2-6-12-20)21-13-7-15-23-25(21)30-27(29-23)19-9-3-1-4-10-19/h1-16,33H,17-18H2,(H,29,30). The number of H-pyrrole nitrogens is 1. The van der Waals surface area contributed by atoms with Gasteiger partial charge in [0.15, 0.2) is 0 Å². The summed E-state index contributed by atoms with van der Waals surface area (Å²) >= 11 is 0. The van der Waals surface area contributed by atoms with Crippen LogP contribution in [0.3, 0.4) is 0 Å². The van der Waals surface area contributed by atoms with Crippen molar-refractivity contribution in [3.05, 3.63) is 97.1 Å². The molecule has 5 nitrogen and oxygen atoms in total. The summed E-state index contributed by atoms with van der Waals surface area (Å²) in [7, 11) is 0. The number of fused-ring (bicyclic) bond motifs is 2. The van der Waals surface area contributed by atoms with Crippen molar-refractivity contribution in [3.63, 3.8) is 0 Å².